The van der Waals surface area contributed by atoms with Crippen LogP contribution in [0.1, 0.15) is 37.7 Å². The number of carbonyl (C=O) groups is 1. The van der Waals surface area contributed by atoms with Gasteiger partial charge in [-0.25, -0.2) is 4.99 Å². The van der Waals surface area contributed by atoms with Crippen LogP contribution in [0.15, 0.2) is 47.0 Å². The van der Waals surface area contributed by atoms with Crippen LogP contribution in [0.4, 0.5) is 0 Å². The van der Waals surface area contributed by atoms with Crippen LogP contribution < -0.4 is 10.6 Å². The molecule has 0 heterocycles. The van der Waals surface area contributed by atoms with Crippen molar-refractivity contribution in [3.8, 4) is 0 Å². The molecule has 2 rings (SSSR count). The number of allylic oxidation sites excluding steroid dienone is 1. The van der Waals surface area contributed by atoms with E-state index in [1.165, 1.54) is 36.8 Å². The van der Waals surface area contributed by atoms with E-state index >= 15 is 0 Å². The van der Waals surface area contributed by atoms with Crippen molar-refractivity contribution in [2.24, 2.45) is 4.99 Å². The van der Waals surface area contributed by atoms with Gasteiger partial charge >= 0.3 is 0 Å². The Morgan fingerprint density at radius 3 is 2.41 bits per heavy atom. The second-order valence-corrected chi connectivity index (χ2v) is 6.90. The summed E-state index contributed by atoms with van der Waals surface area (Å²) in [6.07, 6.45) is 9.39. The Morgan fingerprint density at radius 2 is 1.78 bits per heavy atom. The normalized spacial score (nSPS) is 14.0. The molecule has 0 bridgehead atoms. The van der Waals surface area contributed by atoms with Crippen molar-refractivity contribution >= 4 is 35.8 Å². The summed E-state index contributed by atoms with van der Waals surface area (Å²) in [6, 6.07) is 10.4. The van der Waals surface area contributed by atoms with Gasteiger partial charge in [-0.05, 0) is 44.1 Å². The van der Waals surface area contributed by atoms with Gasteiger partial charge in [0.2, 0.25) is 5.91 Å². The molecule has 0 atom stereocenters. The van der Waals surface area contributed by atoms with E-state index in [1.54, 1.807) is 19.0 Å². The topological polar surface area (TPSA) is 56.7 Å². The van der Waals surface area contributed by atoms with E-state index in [1.807, 2.05) is 6.07 Å². The van der Waals surface area contributed by atoms with Gasteiger partial charge in [-0.15, -0.1) is 24.0 Å². The highest BCUT2D eigenvalue weighted by atomic mass is 127. The maximum atomic E-state index is 11.8. The molecule has 5 nitrogen and oxygen atoms in total. The highest BCUT2D eigenvalue weighted by molar-refractivity contribution is 14.0. The first-order valence-electron chi connectivity index (χ1n) is 9.59. The van der Waals surface area contributed by atoms with Crippen LogP contribution in [0.3, 0.4) is 0 Å². The maximum Gasteiger partial charge on any atom is 0.243 e. The van der Waals surface area contributed by atoms with Gasteiger partial charge < -0.3 is 15.5 Å². The first-order valence-corrected chi connectivity index (χ1v) is 9.59. The number of aliphatic imine (C=N–C) groups is 1. The van der Waals surface area contributed by atoms with Crippen LogP contribution in [0.5, 0.6) is 0 Å². The Kier molecular flexibility index (Phi) is 11.8. The third-order valence-corrected chi connectivity index (χ3v) is 4.54. The van der Waals surface area contributed by atoms with E-state index in [9.17, 15) is 4.79 Å². The van der Waals surface area contributed by atoms with Crippen LogP contribution >= 0.6 is 24.0 Å². The number of benzene rings is 1. The molecule has 0 unspecified atom stereocenters. The Labute approximate surface area is 180 Å². The lowest BCUT2D eigenvalue weighted by atomic mass is 9.97. The number of rotatable bonds is 8. The lowest BCUT2D eigenvalue weighted by Gasteiger charge is -2.16. The zero-order chi connectivity index (χ0) is 18.6. The van der Waals surface area contributed by atoms with Crippen LogP contribution in [-0.4, -0.2) is 50.5 Å². The molecule has 0 radical (unpaired) electrons. The molecule has 1 amide bonds. The van der Waals surface area contributed by atoms with E-state index in [-0.39, 0.29) is 36.4 Å². The summed E-state index contributed by atoms with van der Waals surface area (Å²) < 4.78 is 0. The van der Waals surface area contributed by atoms with E-state index in [0.29, 0.717) is 5.96 Å². The van der Waals surface area contributed by atoms with Gasteiger partial charge in [0.1, 0.15) is 6.54 Å². The van der Waals surface area contributed by atoms with Gasteiger partial charge in [-0.3, -0.25) is 4.79 Å². The van der Waals surface area contributed by atoms with Crippen molar-refractivity contribution in [2.45, 2.75) is 38.5 Å². The predicted molar refractivity (Wildman–Crippen MR) is 124 cm³/mol. The molecule has 0 spiro atoms. The number of hydrogen-bond donors (Lipinski definition) is 2. The molecule has 2 N–H and O–H groups in total. The lowest BCUT2D eigenvalue weighted by molar-refractivity contribution is -0.127. The molecule has 1 aromatic carbocycles. The summed E-state index contributed by atoms with van der Waals surface area (Å²) in [5, 5.41) is 6.72. The summed E-state index contributed by atoms with van der Waals surface area (Å²) >= 11 is 0. The van der Waals surface area contributed by atoms with Crippen molar-refractivity contribution in [3.63, 3.8) is 0 Å². The van der Waals surface area contributed by atoms with E-state index in [2.05, 4.69) is 46.0 Å². The zero-order valence-electron chi connectivity index (χ0n) is 16.5. The van der Waals surface area contributed by atoms with Gasteiger partial charge in [0, 0.05) is 27.2 Å². The number of halogens is 1. The van der Waals surface area contributed by atoms with Gasteiger partial charge in [0.05, 0.1) is 0 Å². The highest BCUT2D eigenvalue weighted by Gasteiger charge is 2.06. The molecule has 0 saturated heterocycles. The molecule has 0 fully saturated rings. The monoisotopic (exact) mass is 484 g/mol. The van der Waals surface area contributed by atoms with Crippen LogP contribution in [-0.2, 0) is 11.2 Å². The van der Waals surface area contributed by atoms with Crippen LogP contribution in [0, 0.1) is 0 Å². The maximum absolute atomic E-state index is 11.8. The number of likely N-dealkylation sites (N-methyl/N-ethyl adjacent to an activating group) is 1. The summed E-state index contributed by atoms with van der Waals surface area (Å²) in [5.74, 6) is 0.719. The quantitative estimate of drug-likeness (QED) is 0.258. The first-order chi connectivity index (χ1) is 12.6. The summed E-state index contributed by atoms with van der Waals surface area (Å²) in [7, 11) is 3.51. The smallest absolute Gasteiger partial charge is 0.243 e. The average molecular weight is 484 g/mol. The van der Waals surface area contributed by atoms with Crippen molar-refractivity contribution in [1.29, 1.82) is 0 Å². The van der Waals surface area contributed by atoms with Crippen molar-refractivity contribution in [2.75, 3.05) is 33.7 Å². The van der Waals surface area contributed by atoms with Gasteiger partial charge in [0.25, 0.3) is 0 Å². The molecule has 1 aromatic rings. The Hall–Kier alpha value is -1.57. The second kappa shape index (κ2) is 13.6. The standard InChI is InChI=1S/C21H32N4O.HI/c1-25(2)20(26)17-24-21(22-15-13-18-9-5-3-6-10-18)23-16-14-19-11-7-4-8-12-19;/h3,5-6,9-11H,4,7-8,12-17H2,1-2H3,(H2,22,23,24);1H. The summed E-state index contributed by atoms with van der Waals surface area (Å²) in [5.41, 5.74) is 2.83. The van der Waals surface area contributed by atoms with Crippen molar-refractivity contribution in [1.82, 2.24) is 15.5 Å². The number of carbonyl (C=O) groups excluding carboxylic acids is 1. The van der Waals surface area contributed by atoms with Gasteiger partial charge in [-0.2, -0.15) is 0 Å². The fraction of sp³-hybridized carbons (Fsp3) is 0.524. The summed E-state index contributed by atoms with van der Waals surface area (Å²) in [4.78, 5) is 17.8. The van der Waals surface area contributed by atoms with Crippen molar-refractivity contribution in [3.05, 3.63) is 47.5 Å². The van der Waals surface area contributed by atoms with Gasteiger partial charge in [-0.1, -0.05) is 42.0 Å². The van der Waals surface area contributed by atoms with E-state index < -0.39 is 0 Å². The minimum atomic E-state index is 0. The van der Waals surface area contributed by atoms with Crippen LogP contribution in [0.25, 0.3) is 0 Å². The van der Waals surface area contributed by atoms with E-state index in [4.69, 9.17) is 0 Å². The number of guanidine groups is 1. The molecular weight excluding hydrogens is 451 g/mol. The SMILES string of the molecule is CN(C)C(=O)CN=C(NCCC1=CCCCC1)NCCc1ccccc1.I. The van der Waals surface area contributed by atoms with Crippen molar-refractivity contribution < 1.29 is 4.79 Å². The fourth-order valence-corrected chi connectivity index (χ4v) is 2.91. The van der Waals surface area contributed by atoms with Gasteiger partial charge in [0.15, 0.2) is 5.96 Å². The third-order valence-electron chi connectivity index (χ3n) is 4.54. The molecule has 0 saturated carbocycles. The average Bonchev–Trinajstić information content (AvgIpc) is 2.67. The third kappa shape index (κ3) is 9.79. The Balaban J connectivity index is 0.00000364. The first kappa shape index (κ1) is 23.5. The Bertz CT molecular complexity index is 614. The van der Waals surface area contributed by atoms with Crippen LogP contribution in [0.2, 0.25) is 0 Å². The second-order valence-electron chi connectivity index (χ2n) is 6.90. The lowest BCUT2D eigenvalue weighted by Crippen LogP contribution is -2.40. The fourth-order valence-electron chi connectivity index (χ4n) is 2.91. The number of hydrogen-bond acceptors (Lipinski definition) is 2. The molecular formula is C21H33IN4O. The molecule has 0 aliphatic heterocycles. The van der Waals surface area contributed by atoms with E-state index in [0.717, 1.165) is 25.9 Å². The minimum Gasteiger partial charge on any atom is -0.356 e. The zero-order valence-corrected chi connectivity index (χ0v) is 18.9. The number of nitrogens with zero attached hydrogens (tertiary/aromatic N) is 2. The number of amides is 1. The Morgan fingerprint density at radius 1 is 1.07 bits per heavy atom. The molecule has 27 heavy (non-hydrogen) atoms. The number of nitrogens with one attached hydrogen (secondary N) is 2. The molecule has 6 heteroatoms. The predicted octanol–water partition coefficient (Wildman–Crippen LogP) is 3.36. The molecule has 150 valence electrons. The highest BCUT2D eigenvalue weighted by Crippen LogP contribution is 2.19. The minimum absolute atomic E-state index is 0. The molecule has 1 aliphatic rings. The summed E-state index contributed by atoms with van der Waals surface area (Å²) in [6.45, 7) is 1.80. The largest absolute Gasteiger partial charge is 0.356 e. The molecule has 0 aromatic heterocycles. The molecule has 1 aliphatic carbocycles.